The van der Waals surface area contributed by atoms with Gasteiger partial charge in [0.05, 0.1) is 23.9 Å². The molecule has 1 aliphatic rings. The van der Waals surface area contributed by atoms with Gasteiger partial charge in [-0.2, -0.15) is 13.5 Å². The van der Waals surface area contributed by atoms with Gasteiger partial charge in [0.15, 0.2) is 0 Å². The van der Waals surface area contributed by atoms with Gasteiger partial charge in [0, 0.05) is 0 Å². The molecule has 6 heteroatoms. The minimum absolute atomic E-state index is 0.0215. The van der Waals surface area contributed by atoms with Crippen LogP contribution in [-0.4, -0.2) is 42.6 Å². The highest BCUT2D eigenvalue weighted by atomic mass is 32.2. The third-order valence-electron chi connectivity index (χ3n) is 2.82. The van der Waals surface area contributed by atoms with E-state index >= 15 is 0 Å². The maximum atomic E-state index is 10.9. The molecule has 0 spiro atoms. The number of rotatable bonds is 3. The zero-order chi connectivity index (χ0) is 12.8. The molecular weight excluding hydrogens is 231 g/mol. The van der Waals surface area contributed by atoms with E-state index in [-0.39, 0.29) is 6.61 Å². The first-order chi connectivity index (χ1) is 6.97. The van der Waals surface area contributed by atoms with Crippen LogP contribution in [0.4, 0.5) is 0 Å². The van der Waals surface area contributed by atoms with E-state index in [9.17, 15) is 13.6 Å². The first kappa shape index (κ1) is 13.6. The number of hydrogen-bond donors (Lipinski definition) is 1. The molecule has 5 nitrogen and oxygen atoms in total. The van der Waals surface area contributed by atoms with Gasteiger partial charge in [0.2, 0.25) is 0 Å². The molecule has 0 aromatic heterocycles. The smallest absolute Gasteiger partial charge is 0.264 e. The van der Waals surface area contributed by atoms with E-state index in [0.29, 0.717) is 0 Å². The number of hydroxylamine groups is 2. The summed E-state index contributed by atoms with van der Waals surface area (Å²) >= 11 is 0. The fourth-order valence-corrected chi connectivity index (χ4v) is 2.25. The average molecular weight is 250 g/mol. The van der Waals surface area contributed by atoms with Crippen molar-refractivity contribution >= 4 is 10.1 Å². The molecule has 1 N–H and O–H groups in total. The first-order valence-electron chi connectivity index (χ1n) is 5.03. The van der Waals surface area contributed by atoms with Crippen molar-refractivity contribution in [1.82, 2.24) is 5.06 Å². The first-order valence-corrected chi connectivity index (χ1v) is 6.84. The molecular formula is C10H19NO4S. The predicted octanol–water partition coefficient (Wildman–Crippen LogP) is 1.15. The molecule has 16 heavy (non-hydrogen) atoms. The number of nitrogens with zero attached hydrogens (tertiary/aromatic N) is 1. The monoisotopic (exact) mass is 250 g/mol. The van der Waals surface area contributed by atoms with Crippen LogP contribution in [0.2, 0.25) is 0 Å². The summed E-state index contributed by atoms with van der Waals surface area (Å²) in [4.78, 5) is 0. The highest BCUT2D eigenvalue weighted by Gasteiger charge is 2.45. The largest absolute Gasteiger partial charge is 0.312 e. The van der Waals surface area contributed by atoms with Crippen molar-refractivity contribution in [2.75, 3.05) is 12.9 Å². The zero-order valence-corrected chi connectivity index (χ0v) is 11.1. The molecule has 0 radical (unpaired) electrons. The highest BCUT2D eigenvalue weighted by molar-refractivity contribution is 7.85. The molecule has 1 rings (SSSR count). The quantitative estimate of drug-likeness (QED) is 0.462. The van der Waals surface area contributed by atoms with Crippen molar-refractivity contribution in [1.29, 1.82) is 0 Å². The van der Waals surface area contributed by atoms with Gasteiger partial charge in [-0.25, -0.2) is 0 Å². The Morgan fingerprint density at radius 3 is 2.19 bits per heavy atom. The second kappa shape index (κ2) is 3.80. The summed E-state index contributed by atoms with van der Waals surface area (Å²) in [5.41, 5.74) is -0.376. The standard InChI is InChI=1S/C10H19NO4S/c1-9(2)6-8(7-15-16(5,13)14)10(3,4)11(9)12/h6,12H,7H2,1-5H3/i11+1. The Hall–Kier alpha value is -0.430. The van der Waals surface area contributed by atoms with Crippen LogP contribution in [0.3, 0.4) is 0 Å². The van der Waals surface area contributed by atoms with Gasteiger partial charge < -0.3 is 5.21 Å². The highest BCUT2D eigenvalue weighted by Crippen LogP contribution is 2.38. The van der Waals surface area contributed by atoms with Crippen LogP contribution >= 0.6 is 0 Å². The van der Waals surface area contributed by atoms with Crippen LogP contribution in [-0.2, 0) is 14.3 Å². The zero-order valence-electron chi connectivity index (χ0n) is 10.3. The number of hydrogen-bond acceptors (Lipinski definition) is 5. The van der Waals surface area contributed by atoms with Crippen LogP contribution in [0, 0.1) is 0 Å². The molecule has 0 fully saturated rings. The predicted molar refractivity (Wildman–Crippen MR) is 60.7 cm³/mol. The minimum Gasteiger partial charge on any atom is -0.312 e. The summed E-state index contributed by atoms with van der Waals surface area (Å²) < 4.78 is 26.6. The maximum absolute atomic E-state index is 10.9. The summed E-state index contributed by atoms with van der Waals surface area (Å²) in [6, 6.07) is 0. The van der Waals surface area contributed by atoms with Crippen molar-refractivity contribution in [3.63, 3.8) is 0 Å². The molecule has 0 amide bonds. The van der Waals surface area contributed by atoms with E-state index in [2.05, 4.69) is 0 Å². The van der Waals surface area contributed by atoms with Crippen molar-refractivity contribution < 1.29 is 17.8 Å². The van der Waals surface area contributed by atoms with E-state index in [1.165, 1.54) is 5.06 Å². The molecule has 0 unspecified atom stereocenters. The lowest BCUT2D eigenvalue weighted by atomic mass is 9.99. The lowest BCUT2D eigenvalue weighted by Gasteiger charge is -2.36. The summed E-state index contributed by atoms with van der Waals surface area (Å²) in [5, 5.41) is 11.2. The van der Waals surface area contributed by atoms with Crippen LogP contribution in [0.1, 0.15) is 27.7 Å². The lowest BCUT2D eigenvalue weighted by molar-refractivity contribution is -0.185. The van der Waals surface area contributed by atoms with Gasteiger partial charge in [-0.3, -0.25) is 4.18 Å². The molecule has 1 aliphatic heterocycles. The van der Waals surface area contributed by atoms with E-state index in [0.717, 1.165) is 11.8 Å². The van der Waals surface area contributed by atoms with Crippen molar-refractivity contribution in [2.45, 2.75) is 38.8 Å². The Morgan fingerprint density at radius 2 is 1.88 bits per heavy atom. The Bertz CT molecular complexity index is 409. The molecule has 0 bridgehead atoms. The summed E-state index contributed by atoms with van der Waals surface area (Å²) in [5.74, 6) is 0. The van der Waals surface area contributed by atoms with Gasteiger partial charge in [-0.15, -0.1) is 0 Å². The topological polar surface area (TPSA) is 66.8 Å². The van der Waals surface area contributed by atoms with Gasteiger partial charge in [-0.05, 0) is 33.3 Å². The van der Waals surface area contributed by atoms with E-state index in [1.807, 2.05) is 33.8 Å². The Kier molecular flexibility index (Phi) is 3.24. The summed E-state index contributed by atoms with van der Waals surface area (Å²) in [7, 11) is -3.46. The van der Waals surface area contributed by atoms with Crippen LogP contribution < -0.4 is 0 Å². The van der Waals surface area contributed by atoms with E-state index in [4.69, 9.17) is 4.18 Å². The summed E-state index contributed by atoms with van der Waals surface area (Å²) in [6.45, 7) is 7.31. The van der Waals surface area contributed by atoms with Crippen LogP contribution in [0.25, 0.3) is 0 Å². The van der Waals surface area contributed by atoms with Crippen LogP contribution in [0.5, 0.6) is 0 Å². The van der Waals surface area contributed by atoms with Gasteiger partial charge in [0.25, 0.3) is 10.1 Å². The van der Waals surface area contributed by atoms with Crippen molar-refractivity contribution in [3.05, 3.63) is 11.6 Å². The Balaban J connectivity index is 2.89. The van der Waals surface area contributed by atoms with Gasteiger partial charge >= 0.3 is 0 Å². The molecule has 0 saturated carbocycles. The SMILES string of the molecule is CC1(C)C=C(COS(C)(=O)=O)C(C)(C)[15N]1O. The Morgan fingerprint density at radius 1 is 1.38 bits per heavy atom. The average Bonchev–Trinajstić information content (AvgIpc) is 2.22. The Labute approximate surface area is 96.8 Å². The normalized spacial score (nSPS) is 24.5. The summed E-state index contributed by atoms with van der Waals surface area (Å²) in [6.07, 6.45) is 2.84. The molecule has 94 valence electrons. The fraction of sp³-hybridized carbons (Fsp3) is 0.800. The fourth-order valence-electron chi connectivity index (χ4n) is 1.91. The molecule has 0 aromatic carbocycles. The van der Waals surface area contributed by atoms with Gasteiger partial charge in [0.1, 0.15) is 0 Å². The van der Waals surface area contributed by atoms with Crippen LogP contribution in [0.15, 0.2) is 11.6 Å². The molecule has 0 saturated heterocycles. The molecule has 1 heterocycles. The van der Waals surface area contributed by atoms with Crippen molar-refractivity contribution in [2.24, 2.45) is 0 Å². The van der Waals surface area contributed by atoms with E-state index < -0.39 is 21.2 Å². The minimum atomic E-state index is -3.46. The van der Waals surface area contributed by atoms with Crippen molar-refractivity contribution in [3.8, 4) is 0 Å². The third-order valence-corrected chi connectivity index (χ3v) is 3.36. The third kappa shape index (κ3) is 2.63. The molecule has 0 aromatic rings. The lowest BCUT2D eigenvalue weighted by Crippen LogP contribution is -2.48. The second-order valence-corrected chi connectivity index (χ2v) is 6.80. The molecule has 0 aliphatic carbocycles. The van der Waals surface area contributed by atoms with E-state index in [1.54, 1.807) is 0 Å². The van der Waals surface area contributed by atoms with Gasteiger partial charge in [-0.1, -0.05) is 6.08 Å². The maximum Gasteiger partial charge on any atom is 0.264 e. The molecule has 0 atom stereocenters. The second-order valence-electron chi connectivity index (χ2n) is 5.16.